The Morgan fingerprint density at radius 1 is 1.24 bits per heavy atom. The van der Waals surface area contributed by atoms with Gasteiger partial charge in [-0.3, -0.25) is 9.59 Å². The molecule has 1 aromatic rings. The molecule has 0 saturated carbocycles. The molecule has 1 fully saturated rings. The molecular weight excluding hydrogens is 335 g/mol. The van der Waals surface area contributed by atoms with E-state index in [1.165, 1.54) is 7.11 Å². The zero-order valence-electron chi connectivity index (χ0n) is 16.2. The number of amides is 1. The van der Waals surface area contributed by atoms with Crippen molar-refractivity contribution in [3.8, 4) is 0 Å². The van der Waals surface area contributed by atoms with E-state index in [9.17, 15) is 9.59 Å². The van der Waals surface area contributed by atoms with Gasteiger partial charge in [0.25, 0.3) is 0 Å². The number of methoxy groups -OCH3 is 1. The maximum Gasteiger partial charge on any atom is 0.319 e. The van der Waals surface area contributed by atoms with Gasteiger partial charge in [-0.1, -0.05) is 40.8 Å². The minimum absolute atomic E-state index is 0.0153. The first-order chi connectivity index (χ1) is 11.6. The van der Waals surface area contributed by atoms with E-state index in [2.05, 4.69) is 32.9 Å². The Balaban J connectivity index is 2.54. The van der Waals surface area contributed by atoms with E-state index in [0.29, 0.717) is 6.29 Å². The largest absolute Gasteiger partial charge is 0.468 e. The first kappa shape index (κ1) is 19.7. The summed E-state index contributed by atoms with van der Waals surface area (Å²) >= 11 is 0. The predicted octanol–water partition coefficient (Wildman–Crippen LogP) is 3.29. The van der Waals surface area contributed by atoms with Crippen molar-refractivity contribution in [2.75, 3.05) is 39.4 Å². The number of rotatable bonds is 3. The fourth-order valence-corrected chi connectivity index (χ4v) is 6.44. The van der Waals surface area contributed by atoms with Crippen LogP contribution in [0.4, 0.5) is 5.69 Å². The van der Waals surface area contributed by atoms with E-state index >= 15 is 0 Å². The van der Waals surface area contributed by atoms with Gasteiger partial charge in [0.2, 0.25) is 5.91 Å². The molecule has 1 aliphatic heterocycles. The molecule has 6 heteroatoms. The molecule has 1 aromatic carbocycles. The van der Waals surface area contributed by atoms with Crippen molar-refractivity contribution < 1.29 is 14.3 Å². The van der Waals surface area contributed by atoms with Crippen LogP contribution < -0.4 is 4.90 Å². The lowest BCUT2D eigenvalue weighted by atomic mass is 9.96. The van der Waals surface area contributed by atoms with E-state index in [0.717, 1.165) is 11.3 Å². The Hall–Kier alpha value is -1.61. The van der Waals surface area contributed by atoms with Crippen LogP contribution in [0.5, 0.6) is 0 Å². The maximum absolute atomic E-state index is 12.8. The molecule has 0 aromatic heterocycles. The van der Waals surface area contributed by atoms with Crippen molar-refractivity contribution in [1.82, 2.24) is 4.90 Å². The summed E-state index contributed by atoms with van der Waals surface area (Å²) in [6.45, 7) is 6.58. The fraction of sp³-hybridized carbons (Fsp3) is 0.579. The number of anilines is 1. The first-order valence-electron chi connectivity index (χ1n) is 8.44. The molecule has 0 bridgehead atoms. The van der Waals surface area contributed by atoms with Gasteiger partial charge >= 0.3 is 5.97 Å². The Morgan fingerprint density at radius 3 is 2.24 bits per heavy atom. The molecule has 138 valence electrons. The van der Waals surface area contributed by atoms with Gasteiger partial charge in [0.15, 0.2) is 0 Å². The number of nitrogens with zero attached hydrogens (tertiary/aromatic N) is 2. The van der Waals surface area contributed by atoms with Crippen molar-refractivity contribution in [3.05, 3.63) is 29.8 Å². The first-order valence-corrected chi connectivity index (χ1v) is 10.0. The topological polar surface area (TPSA) is 49.9 Å². The number of esters is 1. The van der Waals surface area contributed by atoms with Gasteiger partial charge in [0.05, 0.1) is 7.11 Å². The fourth-order valence-electron chi connectivity index (χ4n) is 3.27. The highest BCUT2D eigenvalue weighted by molar-refractivity contribution is 7.59. The van der Waals surface area contributed by atoms with E-state index < -0.39 is 19.8 Å². The summed E-state index contributed by atoms with van der Waals surface area (Å²) in [5.74, 6) is -1.34. The monoisotopic (exact) mass is 364 g/mol. The lowest BCUT2D eigenvalue weighted by molar-refractivity contribution is -0.153. The van der Waals surface area contributed by atoms with Crippen molar-refractivity contribution in [2.24, 2.45) is 5.92 Å². The van der Waals surface area contributed by atoms with Crippen LogP contribution in [0.1, 0.15) is 32.0 Å². The van der Waals surface area contributed by atoms with Crippen LogP contribution in [0.3, 0.4) is 0 Å². The van der Waals surface area contributed by atoms with E-state index in [1.807, 2.05) is 31.1 Å². The maximum atomic E-state index is 12.8. The summed E-state index contributed by atoms with van der Waals surface area (Å²) in [7, 11) is 6.50. The SMILES string of the molecule is COC(=O)[C@@H]1C(=O)N(C)CP(C(C)(C)C)[C@H]1c1ccc(N(C)C)cc1. The van der Waals surface area contributed by atoms with E-state index in [1.54, 1.807) is 11.9 Å². The Labute approximate surface area is 152 Å². The summed E-state index contributed by atoms with van der Waals surface area (Å²) in [6.07, 6.45) is 0.700. The van der Waals surface area contributed by atoms with E-state index in [-0.39, 0.29) is 16.7 Å². The van der Waals surface area contributed by atoms with Crippen LogP contribution in [0, 0.1) is 5.92 Å². The van der Waals surface area contributed by atoms with E-state index in [4.69, 9.17) is 4.74 Å². The van der Waals surface area contributed by atoms with Crippen molar-refractivity contribution >= 4 is 25.5 Å². The molecular formula is C19H29N2O3P. The number of benzene rings is 1. The zero-order valence-corrected chi connectivity index (χ0v) is 17.1. The zero-order chi connectivity index (χ0) is 18.9. The highest BCUT2D eigenvalue weighted by Gasteiger charge is 2.49. The number of hydrogen-bond donors (Lipinski definition) is 0. The summed E-state index contributed by atoms with van der Waals surface area (Å²) in [4.78, 5) is 29.0. The van der Waals surface area contributed by atoms with Crippen LogP contribution in [0.15, 0.2) is 24.3 Å². The van der Waals surface area contributed by atoms with Crippen molar-refractivity contribution in [2.45, 2.75) is 31.6 Å². The normalized spacial score (nSPS) is 24.2. The minimum atomic E-state index is -0.765. The second-order valence-electron chi connectivity index (χ2n) is 7.75. The molecule has 1 unspecified atom stereocenters. The molecule has 25 heavy (non-hydrogen) atoms. The van der Waals surface area contributed by atoms with Gasteiger partial charge in [0.1, 0.15) is 5.92 Å². The van der Waals surface area contributed by atoms with Gasteiger partial charge in [-0.2, -0.15) is 0 Å². The minimum Gasteiger partial charge on any atom is -0.468 e. The molecule has 0 aliphatic carbocycles. The molecule has 3 atom stereocenters. The molecule has 2 rings (SSSR count). The molecule has 1 aliphatic rings. The second-order valence-corrected chi connectivity index (χ2v) is 10.9. The molecule has 0 radical (unpaired) electrons. The summed E-state index contributed by atoms with van der Waals surface area (Å²) in [5, 5.41) is 0.0153. The lowest BCUT2D eigenvalue weighted by Crippen LogP contribution is -2.47. The third kappa shape index (κ3) is 3.98. The van der Waals surface area contributed by atoms with Crippen LogP contribution >= 0.6 is 7.92 Å². The van der Waals surface area contributed by atoms with Crippen molar-refractivity contribution in [1.29, 1.82) is 0 Å². The standard InChI is InChI=1S/C19H29N2O3P/c1-19(2,3)25-12-21(6)17(22)15(18(23)24-7)16(25)13-8-10-14(11-9-13)20(4)5/h8-11,15-16H,12H2,1-7H3/t15-,16-,25?/m0/s1. The Kier molecular flexibility index (Phi) is 5.78. The number of ether oxygens (including phenoxy) is 1. The van der Waals surface area contributed by atoms with Crippen LogP contribution in [-0.2, 0) is 14.3 Å². The molecule has 0 N–H and O–H groups in total. The van der Waals surface area contributed by atoms with Crippen LogP contribution in [0.2, 0.25) is 0 Å². The van der Waals surface area contributed by atoms with Gasteiger partial charge in [-0.25, -0.2) is 0 Å². The summed E-state index contributed by atoms with van der Waals surface area (Å²) in [5.41, 5.74) is 2.02. The highest BCUT2D eigenvalue weighted by atomic mass is 31.1. The van der Waals surface area contributed by atoms with Gasteiger partial charge in [-0.15, -0.1) is 0 Å². The third-order valence-electron chi connectivity index (χ3n) is 4.73. The number of carbonyl (C=O) groups is 2. The summed E-state index contributed by atoms with van der Waals surface area (Å²) < 4.78 is 5.00. The van der Waals surface area contributed by atoms with Crippen LogP contribution in [-0.4, -0.2) is 56.5 Å². The molecule has 1 amide bonds. The number of carbonyl (C=O) groups excluding carboxylic acids is 2. The van der Waals surface area contributed by atoms with Crippen molar-refractivity contribution in [3.63, 3.8) is 0 Å². The smallest absolute Gasteiger partial charge is 0.319 e. The third-order valence-corrected chi connectivity index (χ3v) is 8.45. The highest BCUT2D eigenvalue weighted by Crippen LogP contribution is 2.65. The molecule has 1 saturated heterocycles. The van der Waals surface area contributed by atoms with Gasteiger partial charge < -0.3 is 14.5 Å². The van der Waals surface area contributed by atoms with Gasteiger partial charge in [0, 0.05) is 38.8 Å². The lowest BCUT2D eigenvalue weighted by Gasteiger charge is -2.47. The molecule has 0 spiro atoms. The predicted molar refractivity (Wildman–Crippen MR) is 103 cm³/mol. The molecule has 1 heterocycles. The second kappa shape index (κ2) is 7.33. The Morgan fingerprint density at radius 2 is 1.80 bits per heavy atom. The quantitative estimate of drug-likeness (QED) is 0.469. The number of hydrogen-bond acceptors (Lipinski definition) is 4. The Bertz CT molecular complexity index is 637. The average molecular weight is 364 g/mol. The average Bonchev–Trinajstić information content (AvgIpc) is 2.55. The summed E-state index contributed by atoms with van der Waals surface area (Å²) in [6, 6.07) is 8.19. The van der Waals surface area contributed by atoms with Crippen LogP contribution in [0.25, 0.3) is 0 Å². The van der Waals surface area contributed by atoms with Gasteiger partial charge in [-0.05, 0) is 22.9 Å². The molecule has 5 nitrogen and oxygen atoms in total.